The highest BCUT2D eigenvalue weighted by atomic mass is 16.5. The lowest BCUT2D eigenvalue weighted by atomic mass is 10.2. The van der Waals surface area contributed by atoms with E-state index >= 15 is 0 Å². The predicted molar refractivity (Wildman–Crippen MR) is 108 cm³/mol. The van der Waals surface area contributed by atoms with E-state index in [1.165, 1.54) is 5.69 Å². The van der Waals surface area contributed by atoms with Crippen LogP contribution in [0.3, 0.4) is 0 Å². The van der Waals surface area contributed by atoms with Gasteiger partial charge in [-0.3, -0.25) is 9.69 Å². The summed E-state index contributed by atoms with van der Waals surface area (Å²) in [5.41, 5.74) is 4.74. The number of hydrazone groups is 1. The first kappa shape index (κ1) is 18.9. The summed E-state index contributed by atoms with van der Waals surface area (Å²) in [5.74, 6) is 0.694. The van der Waals surface area contributed by atoms with Gasteiger partial charge < -0.3 is 9.64 Å². The van der Waals surface area contributed by atoms with E-state index in [0.717, 1.165) is 44.0 Å². The van der Waals surface area contributed by atoms with Crippen molar-refractivity contribution < 1.29 is 9.53 Å². The molecule has 6 heteroatoms. The number of rotatable bonds is 7. The van der Waals surface area contributed by atoms with E-state index in [9.17, 15) is 4.79 Å². The molecule has 1 heterocycles. The Morgan fingerprint density at radius 3 is 2.63 bits per heavy atom. The van der Waals surface area contributed by atoms with Gasteiger partial charge in [-0.1, -0.05) is 30.3 Å². The quantitative estimate of drug-likeness (QED) is 0.604. The summed E-state index contributed by atoms with van der Waals surface area (Å²) in [5, 5.41) is 4.03. The summed E-state index contributed by atoms with van der Waals surface area (Å²) in [7, 11) is 1.62. The molecule has 1 saturated heterocycles. The van der Waals surface area contributed by atoms with Crippen molar-refractivity contribution in [1.29, 1.82) is 0 Å². The van der Waals surface area contributed by atoms with Gasteiger partial charge >= 0.3 is 0 Å². The zero-order chi connectivity index (χ0) is 18.9. The summed E-state index contributed by atoms with van der Waals surface area (Å²) in [6.45, 7) is 4.66. The Hall–Kier alpha value is -2.86. The lowest BCUT2D eigenvalue weighted by molar-refractivity contribution is -0.121. The number of hydrogen-bond donors (Lipinski definition) is 1. The average molecular weight is 366 g/mol. The summed E-state index contributed by atoms with van der Waals surface area (Å²) >= 11 is 0. The highest BCUT2D eigenvalue weighted by molar-refractivity contribution is 5.82. The average Bonchev–Trinajstić information content (AvgIpc) is 2.73. The third-order valence-corrected chi connectivity index (χ3v) is 4.65. The van der Waals surface area contributed by atoms with E-state index in [1.54, 1.807) is 13.3 Å². The molecular weight excluding hydrogens is 340 g/mol. The fourth-order valence-electron chi connectivity index (χ4n) is 3.08. The van der Waals surface area contributed by atoms with Crippen molar-refractivity contribution in [2.45, 2.75) is 6.42 Å². The Morgan fingerprint density at radius 1 is 1.11 bits per heavy atom. The maximum atomic E-state index is 12.0. The second-order valence-corrected chi connectivity index (χ2v) is 6.48. The predicted octanol–water partition coefficient (Wildman–Crippen LogP) is 2.36. The monoisotopic (exact) mass is 366 g/mol. The van der Waals surface area contributed by atoms with Crippen LogP contribution in [0.2, 0.25) is 0 Å². The Kier molecular flexibility index (Phi) is 6.82. The van der Waals surface area contributed by atoms with Crippen molar-refractivity contribution in [3.63, 3.8) is 0 Å². The van der Waals surface area contributed by atoms with Crippen molar-refractivity contribution in [3.05, 3.63) is 60.2 Å². The van der Waals surface area contributed by atoms with Crippen LogP contribution in [0.25, 0.3) is 0 Å². The zero-order valence-electron chi connectivity index (χ0n) is 15.7. The van der Waals surface area contributed by atoms with Gasteiger partial charge in [-0.15, -0.1) is 0 Å². The van der Waals surface area contributed by atoms with Crippen LogP contribution in [0.5, 0.6) is 5.75 Å². The molecule has 0 bridgehead atoms. The second kappa shape index (κ2) is 9.73. The maximum absolute atomic E-state index is 12.0. The molecule has 0 aromatic heterocycles. The normalized spacial score (nSPS) is 15.1. The minimum absolute atomic E-state index is 0.0698. The Labute approximate surface area is 160 Å². The highest BCUT2D eigenvalue weighted by Gasteiger charge is 2.17. The molecule has 0 spiro atoms. The van der Waals surface area contributed by atoms with Crippen molar-refractivity contribution in [3.8, 4) is 5.75 Å². The lowest BCUT2D eigenvalue weighted by Gasteiger charge is -2.36. The molecule has 1 aliphatic rings. The third kappa shape index (κ3) is 5.82. The van der Waals surface area contributed by atoms with Gasteiger partial charge in [-0.25, -0.2) is 5.43 Å². The molecule has 0 unspecified atom stereocenters. The molecule has 2 aromatic carbocycles. The van der Waals surface area contributed by atoms with E-state index in [4.69, 9.17) is 4.74 Å². The van der Waals surface area contributed by atoms with Crippen LogP contribution < -0.4 is 15.1 Å². The van der Waals surface area contributed by atoms with Gasteiger partial charge in [0.1, 0.15) is 5.75 Å². The molecule has 0 atom stereocenters. The third-order valence-electron chi connectivity index (χ3n) is 4.65. The molecule has 0 aliphatic carbocycles. The topological polar surface area (TPSA) is 57.2 Å². The molecule has 0 saturated carbocycles. The minimum atomic E-state index is -0.0698. The highest BCUT2D eigenvalue weighted by Crippen LogP contribution is 2.15. The Bertz CT molecular complexity index is 756. The molecule has 27 heavy (non-hydrogen) atoms. The number of amides is 1. The van der Waals surface area contributed by atoms with Crippen molar-refractivity contribution in [1.82, 2.24) is 10.3 Å². The van der Waals surface area contributed by atoms with E-state index in [-0.39, 0.29) is 5.91 Å². The lowest BCUT2D eigenvalue weighted by Crippen LogP contribution is -2.47. The number of nitrogens with one attached hydrogen (secondary N) is 1. The number of carbonyl (C=O) groups is 1. The summed E-state index contributed by atoms with van der Waals surface area (Å²) in [4.78, 5) is 16.7. The van der Waals surface area contributed by atoms with E-state index in [2.05, 4.69) is 44.6 Å². The van der Waals surface area contributed by atoms with E-state index < -0.39 is 0 Å². The van der Waals surface area contributed by atoms with Crippen LogP contribution in [-0.4, -0.2) is 56.9 Å². The fraction of sp³-hybridized carbons (Fsp3) is 0.333. The number of carbonyl (C=O) groups excluding carboxylic acids is 1. The molecule has 1 amide bonds. The molecule has 142 valence electrons. The largest absolute Gasteiger partial charge is 0.497 e. The van der Waals surface area contributed by atoms with Gasteiger partial charge in [0.15, 0.2) is 0 Å². The minimum Gasteiger partial charge on any atom is -0.497 e. The molecule has 1 aliphatic heterocycles. The first-order chi connectivity index (χ1) is 13.2. The van der Waals surface area contributed by atoms with Gasteiger partial charge in [0.05, 0.1) is 13.3 Å². The molecule has 1 fully saturated rings. The number of nitrogens with zero attached hydrogens (tertiary/aromatic N) is 3. The smallest absolute Gasteiger partial charge is 0.241 e. The van der Waals surface area contributed by atoms with E-state index in [0.29, 0.717) is 6.42 Å². The number of piperazine rings is 1. The number of ether oxygens (including phenoxy) is 1. The summed E-state index contributed by atoms with van der Waals surface area (Å²) in [6.07, 6.45) is 2.07. The maximum Gasteiger partial charge on any atom is 0.241 e. The van der Waals surface area contributed by atoms with Crippen molar-refractivity contribution >= 4 is 17.8 Å². The van der Waals surface area contributed by atoms with Crippen LogP contribution in [-0.2, 0) is 4.79 Å². The van der Waals surface area contributed by atoms with Crippen LogP contribution in [0.15, 0.2) is 59.7 Å². The van der Waals surface area contributed by atoms with Crippen LogP contribution in [0.4, 0.5) is 5.69 Å². The number of para-hydroxylation sites is 1. The Balaban J connectivity index is 1.36. The van der Waals surface area contributed by atoms with Gasteiger partial charge in [-0.2, -0.15) is 5.10 Å². The van der Waals surface area contributed by atoms with Crippen LogP contribution >= 0.6 is 0 Å². The standard InChI is InChI=1S/C21H26N4O2/c1-27-20-9-5-6-18(16-20)17-22-23-21(26)10-11-24-12-14-25(15-13-24)19-7-3-2-4-8-19/h2-9,16-17H,10-15H2,1H3,(H,23,26)/b22-17-. The molecule has 2 aromatic rings. The van der Waals surface area contributed by atoms with Crippen LogP contribution in [0, 0.1) is 0 Å². The number of benzene rings is 2. The molecule has 3 rings (SSSR count). The molecule has 6 nitrogen and oxygen atoms in total. The second-order valence-electron chi connectivity index (χ2n) is 6.48. The number of hydrogen-bond acceptors (Lipinski definition) is 5. The Morgan fingerprint density at radius 2 is 1.89 bits per heavy atom. The van der Waals surface area contributed by atoms with Gasteiger partial charge in [-0.05, 0) is 29.8 Å². The van der Waals surface area contributed by atoms with Gasteiger partial charge in [0.2, 0.25) is 5.91 Å². The number of methoxy groups -OCH3 is 1. The van der Waals surface area contributed by atoms with Crippen molar-refractivity contribution in [2.75, 3.05) is 44.7 Å². The van der Waals surface area contributed by atoms with Crippen LogP contribution in [0.1, 0.15) is 12.0 Å². The molecular formula is C21H26N4O2. The molecule has 0 radical (unpaired) electrons. The SMILES string of the molecule is COc1cccc(/C=N\NC(=O)CCN2CCN(c3ccccc3)CC2)c1. The summed E-state index contributed by atoms with van der Waals surface area (Å²) in [6, 6.07) is 18.0. The molecule has 1 N–H and O–H groups in total. The zero-order valence-corrected chi connectivity index (χ0v) is 15.7. The van der Waals surface area contributed by atoms with Gasteiger partial charge in [0, 0.05) is 44.8 Å². The summed E-state index contributed by atoms with van der Waals surface area (Å²) < 4.78 is 5.17. The van der Waals surface area contributed by atoms with E-state index in [1.807, 2.05) is 30.3 Å². The number of anilines is 1. The first-order valence-corrected chi connectivity index (χ1v) is 9.23. The first-order valence-electron chi connectivity index (χ1n) is 9.23. The van der Waals surface area contributed by atoms with Crippen molar-refractivity contribution in [2.24, 2.45) is 5.10 Å². The van der Waals surface area contributed by atoms with Gasteiger partial charge in [0.25, 0.3) is 0 Å². The fourth-order valence-corrected chi connectivity index (χ4v) is 3.08.